The van der Waals surface area contributed by atoms with Gasteiger partial charge in [-0.3, -0.25) is 4.79 Å². The molecule has 1 fully saturated rings. The lowest BCUT2D eigenvalue weighted by atomic mass is 10.1. The molecule has 0 unspecified atom stereocenters. The van der Waals surface area contributed by atoms with Gasteiger partial charge in [0.25, 0.3) is 5.91 Å². The fourth-order valence-electron chi connectivity index (χ4n) is 2.04. The number of anilines is 2. The fraction of sp³-hybridized carbons (Fsp3) is 0.267. The molecular formula is C15H12ClF3N4O. The number of rotatable bonds is 4. The monoisotopic (exact) mass is 356 g/mol. The number of nitrogens with zero attached hydrogens (tertiary/aromatic N) is 2. The van der Waals surface area contributed by atoms with E-state index in [1.54, 1.807) is 0 Å². The first-order valence-corrected chi connectivity index (χ1v) is 7.47. The van der Waals surface area contributed by atoms with Crippen LogP contribution in [0.1, 0.15) is 28.9 Å². The largest absolute Gasteiger partial charge is 0.418 e. The quantitative estimate of drug-likeness (QED) is 0.869. The van der Waals surface area contributed by atoms with Gasteiger partial charge in [-0.15, -0.1) is 0 Å². The number of nitrogens with one attached hydrogen (secondary N) is 2. The number of carbonyl (C=O) groups is 1. The first kappa shape index (κ1) is 16.5. The van der Waals surface area contributed by atoms with Crippen molar-refractivity contribution in [3.05, 3.63) is 46.9 Å². The maximum absolute atomic E-state index is 13.1. The molecule has 5 nitrogen and oxygen atoms in total. The van der Waals surface area contributed by atoms with Crippen LogP contribution in [0.2, 0.25) is 5.02 Å². The summed E-state index contributed by atoms with van der Waals surface area (Å²) >= 11 is 5.61. The molecule has 0 radical (unpaired) electrons. The molecule has 1 heterocycles. The van der Waals surface area contributed by atoms with Crippen LogP contribution < -0.4 is 10.6 Å². The van der Waals surface area contributed by atoms with E-state index in [0.717, 1.165) is 25.0 Å². The van der Waals surface area contributed by atoms with E-state index in [1.807, 2.05) is 0 Å². The standard InChI is InChI=1S/C15H12ClF3N4O/c16-8-1-4-11(10(5-8)15(17,18)19)23-14(24)12-6-13(21-7-20-12)22-9-2-3-9/h1,4-7,9H,2-3H2,(H,23,24)(H,20,21,22). The normalized spacial score (nSPS) is 14.3. The highest BCUT2D eigenvalue weighted by atomic mass is 35.5. The lowest BCUT2D eigenvalue weighted by Gasteiger charge is -2.14. The number of carbonyl (C=O) groups excluding carboxylic acids is 1. The molecule has 0 bridgehead atoms. The second kappa shape index (κ2) is 6.27. The van der Waals surface area contributed by atoms with Gasteiger partial charge in [-0.2, -0.15) is 13.2 Å². The van der Waals surface area contributed by atoms with Crippen molar-refractivity contribution in [2.45, 2.75) is 25.1 Å². The molecular weight excluding hydrogens is 345 g/mol. The topological polar surface area (TPSA) is 66.9 Å². The fourth-order valence-corrected chi connectivity index (χ4v) is 2.22. The lowest BCUT2D eigenvalue weighted by molar-refractivity contribution is -0.136. The van der Waals surface area contributed by atoms with Crippen LogP contribution in [-0.4, -0.2) is 21.9 Å². The molecule has 1 aromatic heterocycles. The number of amides is 1. The Morgan fingerprint density at radius 3 is 2.62 bits per heavy atom. The van der Waals surface area contributed by atoms with Gasteiger partial charge in [0.15, 0.2) is 0 Å². The van der Waals surface area contributed by atoms with Crippen molar-refractivity contribution < 1.29 is 18.0 Å². The molecule has 1 aliphatic rings. The Kier molecular flexibility index (Phi) is 4.31. The lowest BCUT2D eigenvalue weighted by Crippen LogP contribution is -2.18. The van der Waals surface area contributed by atoms with Crippen molar-refractivity contribution in [3.63, 3.8) is 0 Å². The summed E-state index contributed by atoms with van der Waals surface area (Å²) in [5, 5.41) is 5.24. The van der Waals surface area contributed by atoms with Crippen molar-refractivity contribution in [1.29, 1.82) is 0 Å². The Hall–Kier alpha value is -2.35. The molecule has 0 spiro atoms. The molecule has 126 valence electrons. The van der Waals surface area contributed by atoms with Crippen LogP contribution in [0.15, 0.2) is 30.6 Å². The van der Waals surface area contributed by atoms with Gasteiger partial charge in [0, 0.05) is 17.1 Å². The van der Waals surface area contributed by atoms with Crippen LogP contribution in [0, 0.1) is 0 Å². The van der Waals surface area contributed by atoms with Gasteiger partial charge in [0.1, 0.15) is 17.8 Å². The van der Waals surface area contributed by atoms with E-state index in [1.165, 1.54) is 18.5 Å². The third kappa shape index (κ3) is 3.94. The van der Waals surface area contributed by atoms with Crippen LogP contribution in [0.25, 0.3) is 0 Å². The molecule has 1 aromatic carbocycles. The highest BCUT2D eigenvalue weighted by molar-refractivity contribution is 6.30. The van der Waals surface area contributed by atoms with Crippen LogP contribution in [0.4, 0.5) is 24.7 Å². The van der Waals surface area contributed by atoms with E-state index < -0.39 is 17.6 Å². The molecule has 1 amide bonds. The molecule has 0 saturated heterocycles. The van der Waals surface area contributed by atoms with E-state index >= 15 is 0 Å². The summed E-state index contributed by atoms with van der Waals surface area (Å²) < 4.78 is 39.2. The van der Waals surface area contributed by atoms with Gasteiger partial charge < -0.3 is 10.6 Å². The number of hydrogen-bond donors (Lipinski definition) is 2. The van der Waals surface area contributed by atoms with Crippen molar-refractivity contribution >= 4 is 29.0 Å². The van der Waals surface area contributed by atoms with Crippen molar-refractivity contribution in [2.75, 3.05) is 10.6 Å². The summed E-state index contributed by atoms with van der Waals surface area (Å²) in [7, 11) is 0. The SMILES string of the molecule is O=C(Nc1ccc(Cl)cc1C(F)(F)F)c1cc(NC2CC2)ncn1. The highest BCUT2D eigenvalue weighted by Crippen LogP contribution is 2.36. The second-order valence-electron chi connectivity index (χ2n) is 5.35. The van der Waals surface area contributed by atoms with Gasteiger partial charge in [0.2, 0.25) is 0 Å². The van der Waals surface area contributed by atoms with Crippen LogP contribution >= 0.6 is 11.6 Å². The Labute approximate surface area is 140 Å². The smallest absolute Gasteiger partial charge is 0.367 e. The van der Waals surface area contributed by atoms with Gasteiger partial charge in [-0.1, -0.05) is 11.6 Å². The van der Waals surface area contributed by atoms with Gasteiger partial charge in [-0.25, -0.2) is 9.97 Å². The number of benzene rings is 1. The molecule has 2 N–H and O–H groups in total. The predicted molar refractivity (Wildman–Crippen MR) is 83.1 cm³/mol. The van der Waals surface area contributed by atoms with Crippen molar-refractivity contribution in [2.24, 2.45) is 0 Å². The maximum Gasteiger partial charge on any atom is 0.418 e. The molecule has 3 rings (SSSR count). The minimum atomic E-state index is -4.64. The Balaban J connectivity index is 1.82. The highest BCUT2D eigenvalue weighted by Gasteiger charge is 2.34. The first-order valence-electron chi connectivity index (χ1n) is 7.09. The summed E-state index contributed by atoms with van der Waals surface area (Å²) in [6, 6.07) is 4.86. The third-order valence-electron chi connectivity index (χ3n) is 3.36. The van der Waals surface area contributed by atoms with E-state index in [2.05, 4.69) is 20.6 Å². The van der Waals surface area contributed by atoms with Crippen molar-refractivity contribution in [3.8, 4) is 0 Å². The molecule has 0 aliphatic heterocycles. The zero-order valence-corrected chi connectivity index (χ0v) is 12.9. The van der Waals surface area contributed by atoms with E-state index in [-0.39, 0.29) is 16.4 Å². The number of halogens is 4. The number of aromatic nitrogens is 2. The molecule has 1 saturated carbocycles. The summed E-state index contributed by atoms with van der Waals surface area (Å²) in [4.78, 5) is 20.0. The van der Waals surface area contributed by atoms with Gasteiger partial charge in [-0.05, 0) is 31.0 Å². The van der Waals surface area contributed by atoms with E-state index in [9.17, 15) is 18.0 Å². The van der Waals surface area contributed by atoms with E-state index in [4.69, 9.17) is 11.6 Å². The van der Waals surface area contributed by atoms with Crippen molar-refractivity contribution in [1.82, 2.24) is 9.97 Å². The first-order chi connectivity index (χ1) is 11.3. The van der Waals surface area contributed by atoms with Crippen LogP contribution in [0.5, 0.6) is 0 Å². The Morgan fingerprint density at radius 1 is 1.21 bits per heavy atom. The maximum atomic E-state index is 13.1. The summed E-state index contributed by atoms with van der Waals surface area (Å²) in [6.45, 7) is 0. The predicted octanol–water partition coefficient (Wildman–Crippen LogP) is 3.98. The zero-order valence-electron chi connectivity index (χ0n) is 12.2. The number of alkyl halides is 3. The minimum absolute atomic E-state index is 0.0313. The van der Waals surface area contributed by atoms with Gasteiger partial charge >= 0.3 is 6.18 Å². The number of hydrogen-bond acceptors (Lipinski definition) is 4. The third-order valence-corrected chi connectivity index (χ3v) is 3.60. The van der Waals surface area contributed by atoms with Crippen LogP contribution in [0.3, 0.4) is 0 Å². The average molecular weight is 357 g/mol. The second-order valence-corrected chi connectivity index (χ2v) is 5.79. The van der Waals surface area contributed by atoms with E-state index in [0.29, 0.717) is 11.9 Å². The van der Waals surface area contributed by atoms with Crippen LogP contribution in [-0.2, 0) is 6.18 Å². The molecule has 9 heteroatoms. The molecule has 0 atom stereocenters. The summed E-state index contributed by atoms with van der Waals surface area (Å²) in [5.74, 6) is -0.297. The molecule has 24 heavy (non-hydrogen) atoms. The minimum Gasteiger partial charge on any atom is -0.367 e. The molecule has 1 aliphatic carbocycles. The molecule has 2 aromatic rings. The summed E-state index contributed by atoms with van der Waals surface area (Å²) in [5.41, 5.74) is -1.43. The Bertz CT molecular complexity index is 778. The van der Waals surface area contributed by atoms with Gasteiger partial charge in [0.05, 0.1) is 11.3 Å². The zero-order chi connectivity index (χ0) is 17.3. The average Bonchev–Trinajstić information content (AvgIpc) is 3.32. The Morgan fingerprint density at radius 2 is 1.96 bits per heavy atom. The summed E-state index contributed by atoms with van der Waals surface area (Å²) in [6.07, 6.45) is -1.42.